The molecule has 0 aromatic heterocycles. The van der Waals surface area contributed by atoms with Crippen molar-refractivity contribution in [1.29, 1.82) is 0 Å². The Morgan fingerprint density at radius 1 is 1.19 bits per heavy atom. The van der Waals surface area contributed by atoms with E-state index in [4.69, 9.17) is 9.47 Å². The van der Waals surface area contributed by atoms with Crippen LogP contribution in [0.2, 0.25) is 0 Å². The van der Waals surface area contributed by atoms with Crippen molar-refractivity contribution >= 4 is 32.7 Å². The molecule has 0 spiro atoms. The maximum absolute atomic E-state index is 13.2. The van der Waals surface area contributed by atoms with Gasteiger partial charge in [0, 0.05) is 12.3 Å². The minimum Gasteiger partial charge on any atom is -0.434 e. The third-order valence-corrected chi connectivity index (χ3v) is 6.97. The van der Waals surface area contributed by atoms with Crippen LogP contribution in [-0.2, 0) is 29.1 Å². The van der Waals surface area contributed by atoms with Crippen molar-refractivity contribution in [3.8, 4) is 0 Å². The van der Waals surface area contributed by atoms with Gasteiger partial charge in [0.2, 0.25) is 22.2 Å². The topological polar surface area (TPSA) is 111 Å². The van der Waals surface area contributed by atoms with Gasteiger partial charge in [0.15, 0.2) is 0 Å². The molecule has 2 aromatic rings. The molecule has 1 unspecified atom stereocenters. The summed E-state index contributed by atoms with van der Waals surface area (Å²) in [7, 11) is -3.98. The molecule has 0 radical (unpaired) electrons. The number of rotatable bonds is 8. The molecule has 0 aliphatic carbocycles. The van der Waals surface area contributed by atoms with Crippen LogP contribution in [0, 0.1) is 5.92 Å². The van der Waals surface area contributed by atoms with Crippen molar-refractivity contribution in [3.05, 3.63) is 42.5 Å². The molecule has 168 valence electrons. The Hall–Kier alpha value is -2.49. The average Bonchev–Trinajstić information content (AvgIpc) is 3.16. The second-order valence-corrected chi connectivity index (χ2v) is 9.40. The Balaban J connectivity index is 1.84. The third kappa shape index (κ3) is 5.41. The van der Waals surface area contributed by atoms with Crippen LogP contribution in [0.5, 0.6) is 0 Å². The fourth-order valence-electron chi connectivity index (χ4n) is 3.58. The molecule has 1 aliphatic heterocycles. The molecule has 1 saturated heterocycles. The average molecular weight is 449 g/mol. The number of carbonyl (C=O) groups excluding carboxylic acids is 2. The largest absolute Gasteiger partial charge is 0.434 e. The number of amides is 1. The van der Waals surface area contributed by atoms with Crippen LogP contribution in [0.25, 0.3) is 10.8 Å². The first kappa shape index (κ1) is 23.2. The van der Waals surface area contributed by atoms with Crippen molar-refractivity contribution in [1.82, 2.24) is 10.0 Å². The van der Waals surface area contributed by atoms with Gasteiger partial charge in [-0.25, -0.2) is 8.42 Å². The van der Waals surface area contributed by atoms with Gasteiger partial charge >= 0.3 is 5.97 Å². The maximum Gasteiger partial charge on any atom is 0.305 e. The van der Waals surface area contributed by atoms with E-state index < -0.39 is 40.3 Å². The second kappa shape index (κ2) is 9.76. The molecule has 1 heterocycles. The lowest BCUT2D eigenvalue weighted by Crippen LogP contribution is -2.54. The number of benzene rings is 2. The van der Waals surface area contributed by atoms with Crippen LogP contribution < -0.4 is 10.0 Å². The summed E-state index contributed by atoms with van der Waals surface area (Å²) in [5, 5.41) is 4.17. The number of ether oxygens (including phenoxy) is 2. The van der Waals surface area contributed by atoms with Crippen LogP contribution in [-0.4, -0.2) is 45.3 Å². The number of esters is 1. The Bertz CT molecular complexity index is 1050. The van der Waals surface area contributed by atoms with Crippen molar-refractivity contribution in [2.24, 2.45) is 5.92 Å². The summed E-state index contributed by atoms with van der Waals surface area (Å²) in [4.78, 5) is 24.5. The summed E-state index contributed by atoms with van der Waals surface area (Å²) in [6.07, 6.45) is 0.172. The van der Waals surface area contributed by atoms with Gasteiger partial charge in [-0.3, -0.25) is 9.59 Å². The highest BCUT2D eigenvalue weighted by Crippen LogP contribution is 2.24. The first-order valence-corrected chi connectivity index (χ1v) is 11.8. The molecule has 8 nitrogen and oxygen atoms in total. The lowest BCUT2D eigenvalue weighted by atomic mass is 9.99. The Morgan fingerprint density at radius 2 is 1.90 bits per heavy atom. The highest BCUT2D eigenvalue weighted by molar-refractivity contribution is 7.89. The molecule has 4 atom stereocenters. The number of sulfonamides is 1. The number of carbonyl (C=O) groups is 2. The smallest absolute Gasteiger partial charge is 0.305 e. The van der Waals surface area contributed by atoms with E-state index >= 15 is 0 Å². The summed E-state index contributed by atoms with van der Waals surface area (Å²) in [6, 6.07) is 10.7. The van der Waals surface area contributed by atoms with Crippen molar-refractivity contribution in [2.75, 3.05) is 6.61 Å². The van der Waals surface area contributed by atoms with Gasteiger partial charge in [-0.1, -0.05) is 56.7 Å². The van der Waals surface area contributed by atoms with Crippen molar-refractivity contribution < 1.29 is 27.5 Å². The minimum atomic E-state index is -3.98. The quantitative estimate of drug-likeness (QED) is 0.600. The maximum atomic E-state index is 13.2. The molecule has 9 heteroatoms. The molecule has 1 aliphatic rings. The predicted molar refractivity (Wildman–Crippen MR) is 116 cm³/mol. The van der Waals surface area contributed by atoms with E-state index in [0.717, 1.165) is 5.39 Å². The number of fused-ring (bicyclic) bond motifs is 1. The van der Waals surface area contributed by atoms with E-state index in [-0.39, 0.29) is 10.8 Å². The Labute approximate surface area is 182 Å². The van der Waals surface area contributed by atoms with Crippen LogP contribution in [0.3, 0.4) is 0 Å². The molecule has 0 bridgehead atoms. The zero-order chi connectivity index (χ0) is 22.6. The third-order valence-electron chi connectivity index (χ3n) is 5.47. The first-order chi connectivity index (χ1) is 14.7. The fraction of sp³-hybridized carbons (Fsp3) is 0.455. The van der Waals surface area contributed by atoms with E-state index in [1.165, 1.54) is 13.0 Å². The minimum absolute atomic E-state index is 0.119. The van der Waals surface area contributed by atoms with Gasteiger partial charge in [0.05, 0.1) is 17.5 Å². The van der Waals surface area contributed by atoms with Gasteiger partial charge in [0.1, 0.15) is 6.04 Å². The van der Waals surface area contributed by atoms with Gasteiger partial charge < -0.3 is 14.8 Å². The molecule has 1 amide bonds. The lowest BCUT2D eigenvalue weighted by Gasteiger charge is -2.26. The Kier molecular flexibility index (Phi) is 7.30. The summed E-state index contributed by atoms with van der Waals surface area (Å²) >= 11 is 0. The molecule has 31 heavy (non-hydrogen) atoms. The molecular weight excluding hydrogens is 420 g/mol. The molecule has 3 rings (SSSR count). The van der Waals surface area contributed by atoms with Crippen molar-refractivity contribution in [2.45, 2.75) is 56.9 Å². The standard InChI is InChI=1S/C22H28N2O6S/c1-4-14(2)20(21(26)23-18-12-13-29-22(18)30-15(3)25)24-31(27,28)19-11-7-9-16-8-5-6-10-17(16)19/h5-11,14,18,20,22,24H,4,12-13H2,1-3H3,(H,23,26)/t14?,18-,20-,22-/m0/s1. The summed E-state index contributed by atoms with van der Waals surface area (Å²) in [5.74, 6) is -1.26. The van der Waals surface area contributed by atoms with E-state index in [2.05, 4.69) is 10.0 Å². The number of hydrogen-bond acceptors (Lipinski definition) is 6. The molecule has 2 aromatic carbocycles. The highest BCUT2D eigenvalue weighted by atomic mass is 32.2. The zero-order valence-electron chi connectivity index (χ0n) is 17.8. The van der Waals surface area contributed by atoms with Crippen LogP contribution in [0.4, 0.5) is 0 Å². The Morgan fingerprint density at radius 3 is 2.61 bits per heavy atom. The van der Waals surface area contributed by atoms with E-state index in [9.17, 15) is 18.0 Å². The van der Waals surface area contributed by atoms with E-state index in [0.29, 0.717) is 24.8 Å². The first-order valence-electron chi connectivity index (χ1n) is 10.3. The molecule has 2 N–H and O–H groups in total. The number of hydrogen-bond donors (Lipinski definition) is 2. The highest BCUT2D eigenvalue weighted by Gasteiger charge is 2.36. The zero-order valence-corrected chi connectivity index (χ0v) is 18.6. The fourth-order valence-corrected chi connectivity index (χ4v) is 5.11. The van der Waals surface area contributed by atoms with E-state index in [1.807, 2.05) is 32.0 Å². The second-order valence-electron chi connectivity index (χ2n) is 7.71. The summed E-state index contributed by atoms with van der Waals surface area (Å²) in [6.45, 7) is 5.29. The molecule has 1 fully saturated rings. The van der Waals surface area contributed by atoms with Gasteiger partial charge in [-0.2, -0.15) is 4.72 Å². The van der Waals surface area contributed by atoms with Crippen LogP contribution in [0.15, 0.2) is 47.4 Å². The SMILES string of the molecule is CCC(C)[C@H](NS(=O)(=O)c1cccc2ccccc12)C(=O)N[C@H]1CCO[C@H]1OC(C)=O. The monoisotopic (exact) mass is 448 g/mol. The van der Waals surface area contributed by atoms with E-state index in [1.54, 1.807) is 18.2 Å². The van der Waals surface area contributed by atoms with Crippen molar-refractivity contribution in [3.63, 3.8) is 0 Å². The van der Waals surface area contributed by atoms with Crippen LogP contribution >= 0.6 is 0 Å². The summed E-state index contributed by atoms with van der Waals surface area (Å²) < 4.78 is 39.5. The number of nitrogens with one attached hydrogen (secondary N) is 2. The van der Waals surface area contributed by atoms with Crippen LogP contribution in [0.1, 0.15) is 33.6 Å². The summed E-state index contributed by atoms with van der Waals surface area (Å²) in [5.41, 5.74) is 0. The molecular formula is C22H28N2O6S. The predicted octanol–water partition coefficient (Wildman–Crippen LogP) is 2.33. The lowest BCUT2D eigenvalue weighted by molar-refractivity contribution is -0.171. The molecule has 0 saturated carbocycles. The van der Waals surface area contributed by atoms with Gasteiger partial charge in [-0.15, -0.1) is 0 Å². The van der Waals surface area contributed by atoms with Gasteiger partial charge in [0.25, 0.3) is 0 Å². The van der Waals surface area contributed by atoms with Gasteiger partial charge in [-0.05, 0) is 23.8 Å². The normalized spacial score (nSPS) is 20.9.